The molecule has 1 aromatic heterocycles. The van der Waals surface area contributed by atoms with Gasteiger partial charge in [-0.1, -0.05) is 30.3 Å². The summed E-state index contributed by atoms with van der Waals surface area (Å²) in [5.41, 5.74) is 0.932. The first-order chi connectivity index (χ1) is 14.8. The van der Waals surface area contributed by atoms with Crippen LogP contribution in [0.3, 0.4) is 0 Å². The number of aromatic nitrogens is 4. The van der Waals surface area contributed by atoms with E-state index in [-0.39, 0.29) is 12.5 Å². The second-order valence-corrected chi connectivity index (χ2v) is 7.31. The van der Waals surface area contributed by atoms with Crippen molar-refractivity contribution in [3.63, 3.8) is 0 Å². The summed E-state index contributed by atoms with van der Waals surface area (Å²) in [5.74, 6) is 2.05. The molecular formula is C21H22N6O3. The van der Waals surface area contributed by atoms with Gasteiger partial charge in [-0.2, -0.15) is 4.68 Å². The van der Waals surface area contributed by atoms with Gasteiger partial charge < -0.3 is 14.4 Å². The number of amides is 1. The molecule has 1 fully saturated rings. The SMILES string of the molecule is O=C([C@@H]1COc2ccccc2O1)N1CCN(Cc2nnnn2-c2ccccc2)CC1. The Morgan fingerprint density at radius 3 is 2.50 bits per heavy atom. The molecule has 0 saturated carbocycles. The van der Waals surface area contributed by atoms with Crippen LogP contribution in [0.1, 0.15) is 5.82 Å². The highest BCUT2D eigenvalue weighted by Crippen LogP contribution is 2.31. The molecule has 1 atom stereocenters. The molecule has 2 aliphatic rings. The summed E-state index contributed by atoms with van der Waals surface area (Å²) in [6, 6.07) is 17.3. The summed E-state index contributed by atoms with van der Waals surface area (Å²) in [6.07, 6.45) is -0.600. The van der Waals surface area contributed by atoms with E-state index in [9.17, 15) is 4.79 Å². The third kappa shape index (κ3) is 3.71. The smallest absolute Gasteiger partial charge is 0.267 e. The molecule has 0 radical (unpaired) electrons. The highest BCUT2D eigenvalue weighted by Gasteiger charge is 2.32. The molecule has 9 nitrogen and oxygen atoms in total. The molecular weight excluding hydrogens is 384 g/mol. The number of piperazine rings is 1. The third-order valence-electron chi connectivity index (χ3n) is 5.37. The Labute approximate surface area is 173 Å². The Hall–Kier alpha value is -3.46. The lowest BCUT2D eigenvalue weighted by atomic mass is 10.2. The van der Waals surface area contributed by atoms with Crippen molar-refractivity contribution in [1.82, 2.24) is 30.0 Å². The lowest BCUT2D eigenvalue weighted by molar-refractivity contribution is -0.143. The van der Waals surface area contributed by atoms with Crippen molar-refractivity contribution in [2.24, 2.45) is 0 Å². The zero-order valence-electron chi connectivity index (χ0n) is 16.4. The Kier molecular flexibility index (Phi) is 5.02. The third-order valence-corrected chi connectivity index (χ3v) is 5.37. The predicted molar refractivity (Wildman–Crippen MR) is 107 cm³/mol. The molecule has 1 saturated heterocycles. The maximum absolute atomic E-state index is 12.9. The van der Waals surface area contributed by atoms with E-state index in [1.807, 2.05) is 59.5 Å². The first kappa shape index (κ1) is 18.6. The van der Waals surface area contributed by atoms with Gasteiger partial charge in [0.1, 0.15) is 6.61 Å². The average molecular weight is 406 g/mol. The molecule has 5 rings (SSSR count). The quantitative estimate of drug-likeness (QED) is 0.642. The van der Waals surface area contributed by atoms with Crippen molar-refractivity contribution in [3.05, 3.63) is 60.4 Å². The minimum Gasteiger partial charge on any atom is -0.485 e. The number of para-hydroxylation sites is 3. The van der Waals surface area contributed by atoms with E-state index < -0.39 is 6.10 Å². The molecule has 30 heavy (non-hydrogen) atoms. The summed E-state index contributed by atoms with van der Waals surface area (Å²) < 4.78 is 13.3. The maximum atomic E-state index is 12.9. The van der Waals surface area contributed by atoms with Gasteiger partial charge in [0.2, 0.25) is 6.10 Å². The van der Waals surface area contributed by atoms with Gasteiger partial charge in [0.25, 0.3) is 5.91 Å². The highest BCUT2D eigenvalue weighted by atomic mass is 16.6. The average Bonchev–Trinajstić information content (AvgIpc) is 3.27. The molecule has 0 bridgehead atoms. The van der Waals surface area contributed by atoms with Crippen LogP contribution in [0.2, 0.25) is 0 Å². The number of hydrogen-bond donors (Lipinski definition) is 0. The monoisotopic (exact) mass is 406 g/mol. The first-order valence-corrected chi connectivity index (χ1v) is 10.0. The van der Waals surface area contributed by atoms with E-state index in [4.69, 9.17) is 9.47 Å². The fraction of sp³-hybridized carbons (Fsp3) is 0.333. The number of hydrogen-bond acceptors (Lipinski definition) is 7. The van der Waals surface area contributed by atoms with Gasteiger partial charge in [-0.3, -0.25) is 9.69 Å². The number of rotatable bonds is 4. The molecule has 0 N–H and O–H groups in total. The summed E-state index contributed by atoms with van der Waals surface area (Å²) in [7, 11) is 0. The first-order valence-electron chi connectivity index (χ1n) is 10.0. The molecule has 2 aromatic carbocycles. The van der Waals surface area contributed by atoms with Gasteiger partial charge in [0.15, 0.2) is 17.3 Å². The van der Waals surface area contributed by atoms with Gasteiger partial charge in [-0.25, -0.2) is 0 Å². The Bertz CT molecular complexity index is 1020. The van der Waals surface area contributed by atoms with E-state index in [0.717, 1.165) is 24.6 Å². The van der Waals surface area contributed by atoms with Crippen LogP contribution in [0.5, 0.6) is 11.5 Å². The molecule has 154 valence electrons. The summed E-state index contributed by atoms with van der Waals surface area (Å²) in [6.45, 7) is 3.62. The molecule has 0 spiro atoms. The van der Waals surface area contributed by atoms with Gasteiger partial charge >= 0.3 is 0 Å². The van der Waals surface area contributed by atoms with Crippen LogP contribution in [-0.2, 0) is 11.3 Å². The molecule has 3 heterocycles. The zero-order chi connectivity index (χ0) is 20.3. The predicted octanol–water partition coefficient (Wildman–Crippen LogP) is 1.15. The fourth-order valence-electron chi connectivity index (χ4n) is 3.75. The van der Waals surface area contributed by atoms with Crippen molar-refractivity contribution >= 4 is 5.91 Å². The Morgan fingerprint density at radius 1 is 0.967 bits per heavy atom. The summed E-state index contributed by atoms with van der Waals surface area (Å²) in [5, 5.41) is 12.1. The number of benzene rings is 2. The van der Waals surface area contributed by atoms with Crippen molar-refractivity contribution in [2.45, 2.75) is 12.6 Å². The van der Waals surface area contributed by atoms with Crippen LogP contribution in [0.4, 0.5) is 0 Å². The zero-order valence-corrected chi connectivity index (χ0v) is 16.4. The van der Waals surface area contributed by atoms with Crippen molar-refractivity contribution in [1.29, 1.82) is 0 Å². The van der Waals surface area contributed by atoms with Crippen molar-refractivity contribution in [2.75, 3.05) is 32.8 Å². The topological polar surface area (TPSA) is 85.6 Å². The largest absolute Gasteiger partial charge is 0.485 e. The van der Waals surface area contributed by atoms with Gasteiger partial charge in [0, 0.05) is 26.2 Å². The number of carbonyl (C=O) groups excluding carboxylic acids is 1. The Morgan fingerprint density at radius 2 is 1.70 bits per heavy atom. The fourth-order valence-corrected chi connectivity index (χ4v) is 3.75. The summed E-state index contributed by atoms with van der Waals surface area (Å²) in [4.78, 5) is 17.0. The second kappa shape index (κ2) is 8.11. The van der Waals surface area contributed by atoms with Crippen molar-refractivity contribution in [3.8, 4) is 17.2 Å². The van der Waals surface area contributed by atoms with Crippen LogP contribution < -0.4 is 9.47 Å². The molecule has 3 aromatic rings. The standard InChI is InChI=1S/C21H22N6O3/c28-21(19-15-29-17-8-4-5-9-18(17)30-19)26-12-10-25(11-13-26)14-20-22-23-24-27(20)16-6-2-1-3-7-16/h1-9,19H,10-15H2/t19-/m0/s1. The van der Waals surface area contributed by atoms with Crippen LogP contribution in [0, 0.1) is 0 Å². The highest BCUT2D eigenvalue weighted by molar-refractivity contribution is 5.82. The molecule has 1 amide bonds. The van der Waals surface area contributed by atoms with Gasteiger partial charge in [-0.15, -0.1) is 5.10 Å². The second-order valence-electron chi connectivity index (χ2n) is 7.31. The van der Waals surface area contributed by atoms with E-state index in [2.05, 4.69) is 20.4 Å². The minimum atomic E-state index is -0.600. The molecule has 9 heteroatoms. The summed E-state index contributed by atoms with van der Waals surface area (Å²) >= 11 is 0. The minimum absolute atomic E-state index is 0.0294. The normalized spacial score (nSPS) is 18.9. The number of ether oxygens (including phenoxy) is 2. The van der Waals surface area contributed by atoms with Crippen LogP contribution in [0.25, 0.3) is 5.69 Å². The number of tetrazole rings is 1. The van der Waals surface area contributed by atoms with Crippen LogP contribution in [-0.4, -0.2) is 74.8 Å². The maximum Gasteiger partial charge on any atom is 0.267 e. The van der Waals surface area contributed by atoms with Crippen LogP contribution in [0.15, 0.2) is 54.6 Å². The molecule has 0 unspecified atom stereocenters. The number of carbonyl (C=O) groups is 1. The van der Waals surface area contributed by atoms with E-state index in [1.165, 1.54) is 0 Å². The van der Waals surface area contributed by atoms with Crippen LogP contribution >= 0.6 is 0 Å². The van der Waals surface area contributed by atoms with E-state index in [0.29, 0.717) is 31.1 Å². The van der Waals surface area contributed by atoms with Crippen molar-refractivity contribution < 1.29 is 14.3 Å². The van der Waals surface area contributed by atoms with E-state index >= 15 is 0 Å². The Balaban J connectivity index is 1.18. The molecule has 0 aliphatic carbocycles. The molecule has 2 aliphatic heterocycles. The lowest BCUT2D eigenvalue weighted by Crippen LogP contribution is -2.53. The lowest BCUT2D eigenvalue weighted by Gasteiger charge is -2.36. The van der Waals surface area contributed by atoms with Gasteiger partial charge in [-0.05, 0) is 34.7 Å². The van der Waals surface area contributed by atoms with E-state index in [1.54, 1.807) is 4.68 Å². The van der Waals surface area contributed by atoms with Gasteiger partial charge in [0.05, 0.1) is 12.2 Å². The number of fused-ring (bicyclic) bond motifs is 1. The number of nitrogens with zero attached hydrogens (tertiary/aromatic N) is 6.